The number of para-hydroxylation sites is 2. The van der Waals surface area contributed by atoms with Crippen molar-refractivity contribution in [2.24, 2.45) is 0 Å². The first kappa shape index (κ1) is 20.0. The van der Waals surface area contributed by atoms with Crippen molar-refractivity contribution in [3.63, 3.8) is 0 Å². The molecule has 28 heavy (non-hydrogen) atoms. The van der Waals surface area contributed by atoms with Crippen LogP contribution in [0.25, 0.3) is 0 Å². The van der Waals surface area contributed by atoms with Crippen LogP contribution in [0.1, 0.15) is 38.3 Å². The van der Waals surface area contributed by atoms with Gasteiger partial charge in [0.2, 0.25) is 0 Å². The first-order chi connectivity index (χ1) is 13.5. The molecule has 0 aliphatic heterocycles. The van der Waals surface area contributed by atoms with E-state index in [4.69, 9.17) is 9.47 Å². The van der Waals surface area contributed by atoms with Gasteiger partial charge in [-0.3, -0.25) is 0 Å². The summed E-state index contributed by atoms with van der Waals surface area (Å²) in [5.74, 6) is 1.53. The third-order valence-corrected chi connectivity index (χ3v) is 4.91. The van der Waals surface area contributed by atoms with E-state index < -0.39 is 0 Å². The lowest BCUT2D eigenvalue weighted by atomic mass is 9.86. The van der Waals surface area contributed by atoms with Crippen LogP contribution in [-0.4, -0.2) is 22.8 Å². The van der Waals surface area contributed by atoms with Gasteiger partial charge in [-0.15, -0.1) is 0 Å². The van der Waals surface area contributed by atoms with E-state index in [2.05, 4.69) is 54.6 Å². The Kier molecular flexibility index (Phi) is 6.40. The first-order valence-corrected chi connectivity index (χ1v) is 9.80. The van der Waals surface area contributed by atoms with E-state index in [-0.39, 0.29) is 11.5 Å². The summed E-state index contributed by atoms with van der Waals surface area (Å²) in [7, 11) is 1.67. The second-order valence-corrected chi connectivity index (χ2v) is 8.14. The highest BCUT2D eigenvalue weighted by Gasteiger charge is 2.16. The zero-order chi connectivity index (χ0) is 20.0. The van der Waals surface area contributed by atoms with Gasteiger partial charge in [0.25, 0.3) is 0 Å². The number of methoxy groups -OCH3 is 1. The summed E-state index contributed by atoms with van der Waals surface area (Å²) in [5.41, 5.74) is 2.86. The highest BCUT2D eigenvalue weighted by molar-refractivity contribution is 5.39. The Bertz CT molecular complexity index is 849. The van der Waals surface area contributed by atoms with Crippen molar-refractivity contribution in [1.82, 2.24) is 9.55 Å². The van der Waals surface area contributed by atoms with Crippen LogP contribution in [0.3, 0.4) is 0 Å². The van der Waals surface area contributed by atoms with Gasteiger partial charge in [-0.2, -0.15) is 0 Å². The molecule has 0 bridgehead atoms. The van der Waals surface area contributed by atoms with E-state index in [0.29, 0.717) is 0 Å². The van der Waals surface area contributed by atoms with E-state index in [1.807, 2.05) is 36.8 Å². The summed E-state index contributed by atoms with van der Waals surface area (Å²) in [5, 5.41) is 0. The number of hydrogen-bond donors (Lipinski definition) is 0. The Hall–Kier alpha value is -2.75. The lowest BCUT2D eigenvalue weighted by Gasteiger charge is -2.22. The van der Waals surface area contributed by atoms with Crippen LogP contribution in [0.5, 0.6) is 11.5 Å². The molecule has 0 saturated heterocycles. The van der Waals surface area contributed by atoms with Gasteiger partial charge in [0, 0.05) is 12.4 Å². The fourth-order valence-electron chi connectivity index (χ4n) is 3.21. The molecule has 1 atom stereocenters. The predicted molar refractivity (Wildman–Crippen MR) is 113 cm³/mol. The molecule has 2 aromatic carbocycles. The largest absolute Gasteiger partial charge is 0.493 e. The smallest absolute Gasteiger partial charge is 0.161 e. The molecule has 0 N–H and O–H groups in total. The van der Waals surface area contributed by atoms with Gasteiger partial charge >= 0.3 is 0 Å². The van der Waals surface area contributed by atoms with Gasteiger partial charge in [0.05, 0.1) is 20.0 Å². The maximum absolute atomic E-state index is 6.34. The standard InChI is InChI=1S/C24H30N2O2/c1-24(2,3)20-12-9-19(10-13-20)11-14-21(17-26-16-15-25-18-26)28-23-8-6-5-7-22(23)27-4/h5-10,12-13,15-16,18,21H,11,14,17H2,1-4H3. The monoisotopic (exact) mass is 378 g/mol. The zero-order valence-corrected chi connectivity index (χ0v) is 17.3. The molecule has 1 heterocycles. The number of rotatable bonds is 8. The minimum absolute atomic E-state index is 0.0211. The average molecular weight is 379 g/mol. The molecule has 148 valence electrons. The van der Waals surface area contributed by atoms with Gasteiger partial charge in [0.1, 0.15) is 6.10 Å². The molecule has 0 spiro atoms. The molecule has 0 saturated carbocycles. The molecule has 0 aliphatic carbocycles. The van der Waals surface area contributed by atoms with Crippen LogP contribution in [0, 0.1) is 0 Å². The molecule has 3 aromatic rings. The molecular weight excluding hydrogens is 348 g/mol. The lowest BCUT2D eigenvalue weighted by Crippen LogP contribution is -2.24. The van der Waals surface area contributed by atoms with Crippen LogP contribution in [0.4, 0.5) is 0 Å². The molecule has 4 nitrogen and oxygen atoms in total. The van der Waals surface area contributed by atoms with Crippen molar-refractivity contribution >= 4 is 0 Å². The normalized spacial score (nSPS) is 12.6. The Morgan fingerprint density at radius 1 is 1.00 bits per heavy atom. The highest BCUT2D eigenvalue weighted by Crippen LogP contribution is 2.28. The van der Waals surface area contributed by atoms with E-state index in [1.165, 1.54) is 11.1 Å². The van der Waals surface area contributed by atoms with Crippen LogP contribution in [0.2, 0.25) is 0 Å². The zero-order valence-electron chi connectivity index (χ0n) is 17.3. The molecule has 3 rings (SSSR count). The number of benzene rings is 2. The summed E-state index contributed by atoms with van der Waals surface area (Å²) < 4.78 is 13.8. The Balaban J connectivity index is 1.70. The third kappa shape index (κ3) is 5.38. The molecule has 1 aromatic heterocycles. The topological polar surface area (TPSA) is 36.3 Å². The van der Waals surface area contributed by atoms with E-state index in [0.717, 1.165) is 30.9 Å². The number of imidazole rings is 1. The minimum Gasteiger partial charge on any atom is -0.493 e. The summed E-state index contributed by atoms with van der Waals surface area (Å²) >= 11 is 0. The number of ether oxygens (including phenoxy) is 2. The fourth-order valence-corrected chi connectivity index (χ4v) is 3.21. The molecule has 4 heteroatoms. The molecule has 1 unspecified atom stereocenters. The van der Waals surface area contributed by atoms with Gasteiger partial charge in [-0.05, 0) is 41.5 Å². The van der Waals surface area contributed by atoms with Crippen LogP contribution in [0.15, 0.2) is 67.3 Å². The maximum Gasteiger partial charge on any atom is 0.161 e. The fraction of sp³-hybridized carbons (Fsp3) is 0.375. The van der Waals surface area contributed by atoms with Crippen LogP contribution in [-0.2, 0) is 18.4 Å². The molecule has 0 fully saturated rings. The number of hydrogen-bond acceptors (Lipinski definition) is 3. The molecule has 0 aliphatic rings. The molecular formula is C24H30N2O2. The molecule has 0 amide bonds. The van der Waals surface area contributed by atoms with Crippen molar-refractivity contribution in [1.29, 1.82) is 0 Å². The van der Waals surface area contributed by atoms with Gasteiger partial charge in [-0.25, -0.2) is 4.98 Å². The first-order valence-electron chi connectivity index (χ1n) is 9.80. The quantitative estimate of drug-likeness (QED) is 0.536. The van der Waals surface area contributed by atoms with Crippen molar-refractivity contribution in [3.8, 4) is 11.5 Å². The SMILES string of the molecule is COc1ccccc1OC(CCc1ccc(C(C)(C)C)cc1)Cn1ccnc1. The Labute approximate surface area is 168 Å². The Morgan fingerprint density at radius 3 is 2.32 bits per heavy atom. The summed E-state index contributed by atoms with van der Waals surface area (Å²) in [4.78, 5) is 4.15. The summed E-state index contributed by atoms with van der Waals surface area (Å²) in [6, 6.07) is 16.7. The van der Waals surface area contributed by atoms with E-state index >= 15 is 0 Å². The van der Waals surface area contributed by atoms with E-state index in [1.54, 1.807) is 13.3 Å². The minimum atomic E-state index is 0.0211. The van der Waals surface area contributed by atoms with Gasteiger partial charge in [0.15, 0.2) is 11.5 Å². The van der Waals surface area contributed by atoms with Gasteiger partial charge in [-0.1, -0.05) is 57.2 Å². The molecule has 0 radical (unpaired) electrons. The maximum atomic E-state index is 6.34. The number of aryl methyl sites for hydroxylation is 1. The van der Waals surface area contributed by atoms with Crippen molar-refractivity contribution < 1.29 is 9.47 Å². The number of nitrogens with zero attached hydrogens (tertiary/aromatic N) is 2. The summed E-state index contributed by atoms with van der Waals surface area (Å²) in [6.07, 6.45) is 7.48. The Morgan fingerprint density at radius 2 is 1.71 bits per heavy atom. The van der Waals surface area contributed by atoms with E-state index in [9.17, 15) is 0 Å². The lowest BCUT2D eigenvalue weighted by molar-refractivity contribution is 0.164. The van der Waals surface area contributed by atoms with Gasteiger partial charge < -0.3 is 14.0 Å². The van der Waals surface area contributed by atoms with Crippen LogP contribution < -0.4 is 9.47 Å². The third-order valence-electron chi connectivity index (χ3n) is 4.91. The second kappa shape index (κ2) is 8.96. The van der Waals surface area contributed by atoms with Crippen molar-refractivity contribution in [2.45, 2.75) is 51.7 Å². The van der Waals surface area contributed by atoms with Crippen molar-refractivity contribution in [2.75, 3.05) is 7.11 Å². The average Bonchev–Trinajstić information content (AvgIpc) is 3.19. The second-order valence-electron chi connectivity index (χ2n) is 8.14. The number of aromatic nitrogens is 2. The summed E-state index contributed by atoms with van der Waals surface area (Å²) in [6.45, 7) is 7.47. The highest BCUT2D eigenvalue weighted by atomic mass is 16.5. The van der Waals surface area contributed by atoms with Crippen molar-refractivity contribution in [3.05, 3.63) is 78.4 Å². The predicted octanol–water partition coefficient (Wildman–Crippen LogP) is 5.27. The van der Waals surface area contributed by atoms with Crippen LogP contribution >= 0.6 is 0 Å².